The molecule has 0 bridgehead atoms. The molecule has 10 heavy (non-hydrogen) atoms. The number of rotatable bonds is 3. The van der Waals surface area contributed by atoms with Crippen LogP contribution in [0.15, 0.2) is 35.0 Å². The maximum atomic E-state index is 10.1. The Hall–Kier alpha value is -0.830. The summed E-state index contributed by atoms with van der Waals surface area (Å²) in [4.78, 5) is 10.1. The van der Waals surface area contributed by atoms with Crippen LogP contribution in [0.25, 0.3) is 0 Å². The first kappa shape index (κ1) is 9.17. The fourth-order valence-corrected chi connectivity index (χ4v) is 0.601. The molecule has 0 aromatic carbocycles. The summed E-state index contributed by atoms with van der Waals surface area (Å²) >= 11 is 3.00. The summed E-state index contributed by atoms with van der Waals surface area (Å²) in [6.45, 7) is 6.63. The monoisotopic (exact) mass is 202 g/mol. The van der Waals surface area contributed by atoms with Crippen molar-refractivity contribution < 1.29 is 9.90 Å². The van der Waals surface area contributed by atoms with Crippen LogP contribution in [-0.4, -0.2) is 11.4 Å². The van der Waals surface area contributed by atoms with Gasteiger partial charge in [0.15, 0.2) is 6.29 Å². The van der Waals surface area contributed by atoms with Crippen molar-refractivity contribution in [3.05, 3.63) is 35.0 Å². The van der Waals surface area contributed by atoms with E-state index in [0.29, 0.717) is 10.8 Å². The van der Waals surface area contributed by atoms with E-state index < -0.39 is 0 Å². The van der Waals surface area contributed by atoms with Gasteiger partial charge in [-0.05, 0) is 6.08 Å². The molecule has 0 atom stereocenters. The first-order chi connectivity index (χ1) is 4.57. The van der Waals surface area contributed by atoms with Gasteiger partial charge in [-0.25, -0.2) is 0 Å². The number of carbonyl (C=O) groups excluding carboxylic acids is 1. The predicted octanol–water partition coefficient (Wildman–Crippen LogP) is 2.09. The summed E-state index contributed by atoms with van der Waals surface area (Å²) in [5.74, 6) is -0.254. The normalized spacial score (nSPS) is 10.7. The van der Waals surface area contributed by atoms with Crippen LogP contribution in [-0.2, 0) is 4.79 Å². The smallest absolute Gasteiger partial charge is 0.153 e. The lowest BCUT2D eigenvalue weighted by atomic mass is 10.2. The zero-order valence-electron chi connectivity index (χ0n) is 5.30. The molecule has 0 aliphatic carbocycles. The van der Waals surface area contributed by atoms with Crippen molar-refractivity contribution in [2.45, 2.75) is 0 Å². The molecule has 0 radical (unpaired) electrons. The van der Waals surface area contributed by atoms with Gasteiger partial charge >= 0.3 is 0 Å². The zero-order valence-corrected chi connectivity index (χ0v) is 6.89. The van der Waals surface area contributed by atoms with Gasteiger partial charge in [-0.3, -0.25) is 4.79 Å². The topological polar surface area (TPSA) is 37.3 Å². The van der Waals surface area contributed by atoms with Crippen LogP contribution in [0.5, 0.6) is 0 Å². The summed E-state index contributed by atoms with van der Waals surface area (Å²) in [7, 11) is 0. The summed E-state index contributed by atoms with van der Waals surface area (Å²) in [6, 6.07) is 0. The van der Waals surface area contributed by atoms with Crippen molar-refractivity contribution in [3.63, 3.8) is 0 Å². The van der Waals surface area contributed by atoms with E-state index in [4.69, 9.17) is 5.11 Å². The molecule has 0 rings (SSSR count). The molecule has 0 saturated heterocycles. The van der Waals surface area contributed by atoms with E-state index in [9.17, 15) is 4.79 Å². The predicted molar refractivity (Wildman–Crippen MR) is 44.0 cm³/mol. The third-order valence-electron chi connectivity index (χ3n) is 0.772. The lowest BCUT2D eigenvalue weighted by Crippen LogP contribution is -1.87. The molecule has 2 nitrogen and oxygen atoms in total. The first-order valence-electron chi connectivity index (χ1n) is 2.47. The van der Waals surface area contributed by atoms with E-state index in [1.54, 1.807) is 0 Å². The number of aldehydes is 1. The van der Waals surface area contributed by atoms with Gasteiger partial charge in [-0.15, -0.1) is 0 Å². The Morgan fingerprint density at radius 3 is 2.10 bits per heavy atom. The molecule has 0 spiro atoms. The molecule has 0 heterocycles. The SMILES string of the molecule is C=C(Br)/C=C(/C=O)C(=C)O. The van der Waals surface area contributed by atoms with E-state index in [1.807, 2.05) is 0 Å². The van der Waals surface area contributed by atoms with Gasteiger partial charge in [-0.1, -0.05) is 29.1 Å². The van der Waals surface area contributed by atoms with E-state index in [1.165, 1.54) is 6.08 Å². The third kappa shape index (κ3) is 3.25. The van der Waals surface area contributed by atoms with E-state index in [2.05, 4.69) is 29.1 Å². The molecular weight excluding hydrogens is 196 g/mol. The number of carbonyl (C=O) groups is 1. The number of hydrogen-bond donors (Lipinski definition) is 1. The molecule has 54 valence electrons. The summed E-state index contributed by atoms with van der Waals surface area (Å²) < 4.78 is 0.518. The second-order valence-corrected chi connectivity index (χ2v) is 2.63. The number of allylic oxidation sites excluding steroid dienone is 3. The van der Waals surface area contributed by atoms with E-state index in [-0.39, 0.29) is 11.3 Å². The van der Waals surface area contributed by atoms with E-state index >= 15 is 0 Å². The fourth-order valence-electron chi connectivity index (χ4n) is 0.354. The lowest BCUT2D eigenvalue weighted by Gasteiger charge is -1.93. The number of halogens is 1. The Morgan fingerprint density at radius 2 is 2.00 bits per heavy atom. The number of aliphatic hydroxyl groups excluding tert-OH is 1. The fraction of sp³-hybridized carbons (Fsp3) is 0. The molecule has 0 saturated carbocycles. The quantitative estimate of drug-likeness (QED) is 0.330. The Kier molecular flexibility index (Phi) is 3.72. The van der Waals surface area contributed by atoms with Crippen LogP contribution >= 0.6 is 15.9 Å². The molecule has 0 unspecified atom stereocenters. The third-order valence-corrected chi connectivity index (χ3v) is 1.00. The molecule has 0 fully saturated rings. The Morgan fingerprint density at radius 1 is 1.50 bits per heavy atom. The Bertz CT molecular complexity index is 204. The molecule has 0 aromatic rings. The molecule has 0 aliphatic rings. The van der Waals surface area contributed by atoms with Crippen LogP contribution in [0, 0.1) is 0 Å². The summed E-state index contributed by atoms with van der Waals surface area (Å²) in [5, 5.41) is 8.71. The molecule has 0 amide bonds. The summed E-state index contributed by atoms with van der Waals surface area (Å²) in [5.41, 5.74) is 0.127. The molecule has 3 heteroatoms. The standard InChI is InChI=1S/C7H7BrO2/c1-5(8)3-7(4-9)6(2)10/h3-4,10H,1-2H2/b7-3-. The minimum atomic E-state index is -0.254. The van der Waals surface area contributed by atoms with Crippen LogP contribution in [0.4, 0.5) is 0 Å². The van der Waals surface area contributed by atoms with Crippen molar-refractivity contribution in [1.82, 2.24) is 0 Å². The molecular formula is C7H7BrO2. The van der Waals surface area contributed by atoms with Crippen molar-refractivity contribution in [2.24, 2.45) is 0 Å². The number of aliphatic hydroxyl groups is 1. The van der Waals surface area contributed by atoms with Crippen LogP contribution in [0.1, 0.15) is 0 Å². The lowest BCUT2D eigenvalue weighted by molar-refractivity contribution is -0.104. The van der Waals surface area contributed by atoms with Crippen molar-refractivity contribution >= 4 is 22.2 Å². The van der Waals surface area contributed by atoms with Gasteiger partial charge < -0.3 is 5.11 Å². The average Bonchev–Trinajstić information content (AvgIpc) is 1.81. The number of hydrogen-bond acceptors (Lipinski definition) is 2. The maximum absolute atomic E-state index is 10.1. The van der Waals surface area contributed by atoms with Gasteiger partial charge in [-0.2, -0.15) is 0 Å². The summed E-state index contributed by atoms with van der Waals surface area (Å²) in [6.07, 6.45) is 1.89. The molecule has 0 aliphatic heterocycles. The van der Waals surface area contributed by atoms with Crippen molar-refractivity contribution in [3.8, 4) is 0 Å². The largest absolute Gasteiger partial charge is 0.508 e. The maximum Gasteiger partial charge on any atom is 0.153 e. The van der Waals surface area contributed by atoms with Crippen LogP contribution in [0.3, 0.4) is 0 Å². The van der Waals surface area contributed by atoms with Crippen LogP contribution < -0.4 is 0 Å². The van der Waals surface area contributed by atoms with Gasteiger partial charge in [0.05, 0.1) is 5.57 Å². The molecule has 1 N–H and O–H groups in total. The second-order valence-electron chi connectivity index (χ2n) is 1.61. The van der Waals surface area contributed by atoms with Crippen molar-refractivity contribution in [1.29, 1.82) is 0 Å². The Labute approximate surface area is 67.7 Å². The molecule has 0 aromatic heterocycles. The minimum absolute atomic E-state index is 0.127. The highest BCUT2D eigenvalue weighted by Gasteiger charge is 1.96. The zero-order chi connectivity index (χ0) is 8.15. The van der Waals surface area contributed by atoms with Crippen molar-refractivity contribution in [2.75, 3.05) is 0 Å². The highest BCUT2D eigenvalue weighted by Crippen LogP contribution is 2.09. The highest BCUT2D eigenvalue weighted by atomic mass is 79.9. The van der Waals surface area contributed by atoms with Gasteiger partial charge in [0, 0.05) is 4.48 Å². The second kappa shape index (κ2) is 4.06. The average molecular weight is 203 g/mol. The highest BCUT2D eigenvalue weighted by molar-refractivity contribution is 9.11. The van der Waals surface area contributed by atoms with Gasteiger partial charge in [0.2, 0.25) is 0 Å². The minimum Gasteiger partial charge on any atom is -0.508 e. The first-order valence-corrected chi connectivity index (χ1v) is 3.26. The van der Waals surface area contributed by atoms with Gasteiger partial charge in [0.1, 0.15) is 5.76 Å². The van der Waals surface area contributed by atoms with E-state index in [0.717, 1.165) is 0 Å². The van der Waals surface area contributed by atoms with Gasteiger partial charge in [0.25, 0.3) is 0 Å². The Balaban J connectivity index is 4.49. The van der Waals surface area contributed by atoms with Crippen LogP contribution in [0.2, 0.25) is 0 Å².